The molecule has 5 heteroatoms. The van der Waals surface area contributed by atoms with Gasteiger partial charge >= 0.3 is 0 Å². The fourth-order valence-corrected chi connectivity index (χ4v) is 2.96. The lowest BCUT2D eigenvalue weighted by atomic mass is 10.0. The Labute approximate surface area is 161 Å². The summed E-state index contributed by atoms with van der Waals surface area (Å²) in [5, 5.41) is 0. The molecule has 0 bridgehead atoms. The first-order valence-electron chi connectivity index (χ1n) is 9.06. The number of rotatable bonds is 6. The zero-order valence-electron chi connectivity index (χ0n) is 15.7. The van der Waals surface area contributed by atoms with Crippen LogP contribution < -0.4 is 4.74 Å². The van der Waals surface area contributed by atoms with Crippen molar-refractivity contribution in [1.82, 2.24) is 0 Å². The van der Waals surface area contributed by atoms with Crippen LogP contribution >= 0.6 is 0 Å². The summed E-state index contributed by atoms with van der Waals surface area (Å²) in [5.74, 6) is -3.11. The fourth-order valence-electron chi connectivity index (χ4n) is 2.96. The van der Waals surface area contributed by atoms with Crippen LogP contribution in [0, 0.1) is 30.2 Å². The Balaban J connectivity index is 1.74. The second-order valence-corrected chi connectivity index (χ2v) is 6.63. The lowest BCUT2D eigenvalue weighted by Crippen LogP contribution is -2.03. The van der Waals surface area contributed by atoms with E-state index in [4.69, 9.17) is 4.74 Å². The smallest absolute Gasteiger partial charge is 0.166 e. The van der Waals surface area contributed by atoms with Crippen molar-refractivity contribution < 1.29 is 22.3 Å². The molecule has 0 heterocycles. The highest BCUT2D eigenvalue weighted by Crippen LogP contribution is 2.28. The van der Waals surface area contributed by atoms with Gasteiger partial charge in [0, 0.05) is 11.1 Å². The third-order valence-electron chi connectivity index (χ3n) is 4.60. The van der Waals surface area contributed by atoms with Crippen LogP contribution in [0.15, 0.2) is 48.5 Å². The van der Waals surface area contributed by atoms with Gasteiger partial charge < -0.3 is 4.74 Å². The third-order valence-corrected chi connectivity index (χ3v) is 4.60. The van der Waals surface area contributed by atoms with Crippen LogP contribution in [-0.2, 0) is 13.0 Å². The molecule has 3 aromatic rings. The standard InChI is InChI=1S/C23H20F4O/c1-3-4-16-6-7-17(22(26)21(16)25)13-28-18-10-8-15(9-11-18)19-12-5-14(2)20(24)23(19)27/h5-12H,3-4,13H2,1-2H3. The Bertz CT molecular complexity index is 981. The van der Waals surface area contributed by atoms with E-state index in [9.17, 15) is 17.6 Å². The van der Waals surface area contributed by atoms with Crippen LogP contribution in [0.4, 0.5) is 17.6 Å². The third kappa shape index (κ3) is 4.03. The fraction of sp³-hybridized carbons (Fsp3) is 0.217. The quantitative estimate of drug-likeness (QED) is 0.425. The van der Waals surface area contributed by atoms with Crippen molar-refractivity contribution in [3.63, 3.8) is 0 Å². The van der Waals surface area contributed by atoms with E-state index in [1.54, 1.807) is 30.3 Å². The summed E-state index contributed by atoms with van der Waals surface area (Å²) in [5.41, 5.74) is 1.34. The van der Waals surface area contributed by atoms with Gasteiger partial charge in [0.15, 0.2) is 23.3 Å². The van der Waals surface area contributed by atoms with Crippen molar-refractivity contribution in [3.05, 3.63) is 88.5 Å². The Morgan fingerprint density at radius 3 is 2.04 bits per heavy atom. The molecular weight excluding hydrogens is 368 g/mol. The second-order valence-electron chi connectivity index (χ2n) is 6.63. The van der Waals surface area contributed by atoms with E-state index in [1.165, 1.54) is 25.1 Å². The van der Waals surface area contributed by atoms with E-state index < -0.39 is 23.3 Å². The normalized spacial score (nSPS) is 10.9. The van der Waals surface area contributed by atoms with Gasteiger partial charge in [-0.05, 0) is 42.2 Å². The minimum absolute atomic E-state index is 0.119. The first-order chi connectivity index (χ1) is 13.4. The molecule has 0 aliphatic heterocycles. The van der Waals surface area contributed by atoms with Gasteiger partial charge in [0.25, 0.3) is 0 Å². The number of aryl methyl sites for hydroxylation is 2. The molecule has 1 nitrogen and oxygen atoms in total. The van der Waals surface area contributed by atoms with Gasteiger partial charge in [-0.15, -0.1) is 0 Å². The maximum atomic E-state index is 14.2. The van der Waals surface area contributed by atoms with Gasteiger partial charge in [0.2, 0.25) is 0 Å². The topological polar surface area (TPSA) is 9.23 Å². The molecule has 3 aromatic carbocycles. The summed E-state index contributed by atoms with van der Waals surface area (Å²) in [6.07, 6.45) is 1.20. The lowest BCUT2D eigenvalue weighted by Gasteiger charge is -2.11. The van der Waals surface area contributed by atoms with E-state index in [0.29, 0.717) is 23.3 Å². The molecule has 0 aliphatic rings. The summed E-state index contributed by atoms with van der Waals surface area (Å²) in [7, 11) is 0. The van der Waals surface area contributed by atoms with E-state index in [2.05, 4.69) is 0 Å². The van der Waals surface area contributed by atoms with Gasteiger partial charge in [-0.1, -0.05) is 49.7 Å². The Kier molecular flexibility index (Phi) is 6.02. The number of benzene rings is 3. The summed E-state index contributed by atoms with van der Waals surface area (Å²) in [6, 6.07) is 12.4. The largest absolute Gasteiger partial charge is 0.489 e. The highest BCUT2D eigenvalue weighted by atomic mass is 19.2. The van der Waals surface area contributed by atoms with Gasteiger partial charge in [-0.2, -0.15) is 0 Å². The van der Waals surface area contributed by atoms with Crippen molar-refractivity contribution in [1.29, 1.82) is 0 Å². The van der Waals surface area contributed by atoms with Crippen LogP contribution in [0.25, 0.3) is 11.1 Å². The SMILES string of the molecule is CCCc1ccc(COc2ccc(-c3ccc(C)c(F)c3F)cc2)c(F)c1F. The molecular formula is C23H20F4O. The highest BCUT2D eigenvalue weighted by Gasteiger charge is 2.14. The Hall–Kier alpha value is -2.82. The minimum atomic E-state index is -0.904. The van der Waals surface area contributed by atoms with Crippen LogP contribution in [0.3, 0.4) is 0 Å². The van der Waals surface area contributed by atoms with Gasteiger partial charge in [0.1, 0.15) is 12.4 Å². The molecule has 0 saturated heterocycles. The number of ether oxygens (including phenoxy) is 1. The monoisotopic (exact) mass is 388 g/mol. The molecule has 146 valence electrons. The number of hydrogen-bond acceptors (Lipinski definition) is 1. The molecule has 0 unspecified atom stereocenters. The maximum Gasteiger partial charge on any atom is 0.166 e. The van der Waals surface area contributed by atoms with E-state index >= 15 is 0 Å². The molecule has 3 rings (SSSR count). The van der Waals surface area contributed by atoms with Crippen molar-refractivity contribution in [3.8, 4) is 16.9 Å². The van der Waals surface area contributed by atoms with Gasteiger partial charge in [-0.25, -0.2) is 17.6 Å². The molecule has 28 heavy (non-hydrogen) atoms. The highest BCUT2D eigenvalue weighted by molar-refractivity contribution is 5.65. The molecule has 0 atom stereocenters. The average molecular weight is 388 g/mol. The maximum absolute atomic E-state index is 14.2. The van der Waals surface area contributed by atoms with Gasteiger partial charge in [-0.3, -0.25) is 0 Å². The predicted octanol–water partition coefficient (Wildman–Crippen LogP) is 6.75. The molecule has 0 N–H and O–H groups in total. The van der Waals surface area contributed by atoms with Crippen LogP contribution in [0.2, 0.25) is 0 Å². The molecule has 0 amide bonds. The zero-order valence-corrected chi connectivity index (χ0v) is 15.7. The zero-order chi connectivity index (χ0) is 20.3. The van der Waals surface area contributed by atoms with Crippen molar-refractivity contribution in [2.24, 2.45) is 0 Å². The lowest BCUT2D eigenvalue weighted by molar-refractivity contribution is 0.297. The second kappa shape index (κ2) is 8.46. The Morgan fingerprint density at radius 2 is 1.36 bits per heavy atom. The first-order valence-corrected chi connectivity index (χ1v) is 9.06. The van der Waals surface area contributed by atoms with E-state index in [-0.39, 0.29) is 23.3 Å². The number of hydrogen-bond donors (Lipinski definition) is 0. The van der Waals surface area contributed by atoms with Crippen molar-refractivity contribution in [2.45, 2.75) is 33.3 Å². The molecule has 0 fully saturated rings. The van der Waals surface area contributed by atoms with E-state index in [1.807, 2.05) is 6.92 Å². The molecule has 0 spiro atoms. The minimum Gasteiger partial charge on any atom is -0.489 e. The molecule has 0 aliphatic carbocycles. The number of halogens is 4. The van der Waals surface area contributed by atoms with Crippen LogP contribution in [0.1, 0.15) is 30.0 Å². The summed E-state index contributed by atoms with van der Waals surface area (Å²) < 4.78 is 61.5. The van der Waals surface area contributed by atoms with Crippen LogP contribution in [0.5, 0.6) is 5.75 Å². The summed E-state index contributed by atoms with van der Waals surface area (Å²) in [4.78, 5) is 0. The Morgan fingerprint density at radius 1 is 0.714 bits per heavy atom. The van der Waals surface area contributed by atoms with Crippen molar-refractivity contribution >= 4 is 0 Å². The molecule has 0 saturated carbocycles. The molecule has 0 radical (unpaired) electrons. The summed E-state index contributed by atoms with van der Waals surface area (Å²) in [6.45, 7) is 3.26. The molecule has 0 aromatic heterocycles. The van der Waals surface area contributed by atoms with Gasteiger partial charge in [0.05, 0.1) is 0 Å². The van der Waals surface area contributed by atoms with Crippen LogP contribution in [-0.4, -0.2) is 0 Å². The van der Waals surface area contributed by atoms with Crippen molar-refractivity contribution in [2.75, 3.05) is 0 Å². The summed E-state index contributed by atoms with van der Waals surface area (Å²) >= 11 is 0. The van der Waals surface area contributed by atoms with E-state index in [0.717, 1.165) is 6.42 Å². The average Bonchev–Trinajstić information content (AvgIpc) is 2.70. The first kappa shape index (κ1) is 19.9. The predicted molar refractivity (Wildman–Crippen MR) is 101 cm³/mol.